The van der Waals surface area contributed by atoms with E-state index in [1.165, 1.54) is 35.5 Å². The summed E-state index contributed by atoms with van der Waals surface area (Å²) in [6, 6.07) is 0.153. The first kappa shape index (κ1) is 18.8. The van der Waals surface area contributed by atoms with Crippen molar-refractivity contribution in [3.05, 3.63) is 29.3 Å². The van der Waals surface area contributed by atoms with Crippen molar-refractivity contribution < 1.29 is 4.52 Å². The van der Waals surface area contributed by atoms with Gasteiger partial charge < -0.3 is 10.3 Å². The highest BCUT2D eigenvalue weighted by molar-refractivity contribution is 7.15. The molecule has 0 spiro atoms. The molecule has 0 saturated carbocycles. The van der Waals surface area contributed by atoms with Gasteiger partial charge in [-0.15, -0.1) is 23.7 Å². The number of aromatic nitrogens is 5. The quantitative estimate of drug-likeness (QED) is 0.724. The van der Waals surface area contributed by atoms with Crippen molar-refractivity contribution in [2.24, 2.45) is 7.05 Å². The van der Waals surface area contributed by atoms with Crippen molar-refractivity contribution in [1.82, 2.24) is 29.8 Å². The number of nitrogen functional groups attached to an aromatic ring is 1. The summed E-state index contributed by atoms with van der Waals surface area (Å²) in [6.45, 7) is 1.83. The molecule has 8 nitrogen and oxygen atoms in total. The van der Waals surface area contributed by atoms with Crippen LogP contribution in [0.2, 0.25) is 0 Å². The van der Waals surface area contributed by atoms with E-state index in [1.54, 1.807) is 10.9 Å². The predicted octanol–water partition coefficient (Wildman–Crippen LogP) is 3.05. The van der Waals surface area contributed by atoms with Crippen molar-refractivity contribution in [3.63, 3.8) is 0 Å². The highest BCUT2D eigenvalue weighted by atomic mass is 35.5. The number of halogens is 1. The van der Waals surface area contributed by atoms with Gasteiger partial charge in [-0.1, -0.05) is 18.0 Å². The van der Waals surface area contributed by atoms with Gasteiger partial charge in [0.05, 0.1) is 17.8 Å². The first-order valence-electron chi connectivity index (χ1n) is 8.46. The molecule has 10 heteroatoms. The van der Waals surface area contributed by atoms with Crippen molar-refractivity contribution >= 4 is 28.9 Å². The number of likely N-dealkylation sites (tertiary alicyclic amines) is 1. The van der Waals surface area contributed by atoms with E-state index in [0.717, 1.165) is 30.9 Å². The maximum atomic E-state index is 5.77. The summed E-state index contributed by atoms with van der Waals surface area (Å²) < 4.78 is 7.22. The van der Waals surface area contributed by atoms with Crippen LogP contribution in [0.25, 0.3) is 11.5 Å². The topological polar surface area (TPSA) is 98.9 Å². The molecule has 1 unspecified atom stereocenters. The third-order valence-electron chi connectivity index (χ3n) is 4.49. The Morgan fingerprint density at radius 3 is 2.92 bits per heavy atom. The summed E-state index contributed by atoms with van der Waals surface area (Å²) in [5.74, 6) is 1.27. The Kier molecular flexibility index (Phi) is 5.90. The standard InChI is InChI=1S/C16H21N7OS.ClH/c1-22-9-11(7-19-22)15-20-14(21-24-15)13-5-3-2-4-6-23(13)10-12-8-18-16(17)25-12;/h7-9,13H,2-6,10H2,1H3,(H2,17,18);1H. The lowest BCUT2D eigenvalue weighted by Crippen LogP contribution is -2.28. The molecule has 140 valence electrons. The summed E-state index contributed by atoms with van der Waals surface area (Å²) in [5.41, 5.74) is 6.62. The monoisotopic (exact) mass is 395 g/mol. The van der Waals surface area contributed by atoms with Gasteiger partial charge in [0, 0.05) is 30.9 Å². The van der Waals surface area contributed by atoms with Crippen LogP contribution in [0.4, 0.5) is 5.13 Å². The van der Waals surface area contributed by atoms with Gasteiger partial charge >= 0.3 is 0 Å². The van der Waals surface area contributed by atoms with E-state index in [9.17, 15) is 0 Å². The molecule has 1 aliphatic heterocycles. The molecule has 1 saturated heterocycles. The summed E-state index contributed by atoms with van der Waals surface area (Å²) in [5, 5.41) is 9.04. The van der Waals surface area contributed by atoms with Crippen molar-refractivity contribution in [2.45, 2.75) is 38.3 Å². The van der Waals surface area contributed by atoms with E-state index >= 15 is 0 Å². The first-order valence-corrected chi connectivity index (χ1v) is 9.27. The van der Waals surface area contributed by atoms with Gasteiger partial charge in [-0.05, 0) is 19.4 Å². The molecule has 2 N–H and O–H groups in total. The Labute approximate surface area is 161 Å². The Bertz CT molecular complexity index is 845. The Balaban J connectivity index is 0.00000196. The minimum Gasteiger partial charge on any atom is -0.375 e. The molecule has 4 heterocycles. The Morgan fingerprint density at radius 2 is 2.19 bits per heavy atom. The average Bonchev–Trinajstić information content (AvgIpc) is 3.28. The molecule has 1 aliphatic rings. The molecule has 0 bridgehead atoms. The van der Waals surface area contributed by atoms with Crippen molar-refractivity contribution in [3.8, 4) is 11.5 Å². The smallest absolute Gasteiger partial charge is 0.261 e. The number of anilines is 1. The van der Waals surface area contributed by atoms with Crippen molar-refractivity contribution in [1.29, 1.82) is 0 Å². The molecular formula is C16H22ClN7OS. The minimum atomic E-state index is 0. The summed E-state index contributed by atoms with van der Waals surface area (Å²) in [4.78, 5) is 12.4. The highest BCUT2D eigenvalue weighted by Gasteiger charge is 2.28. The molecule has 0 amide bonds. The van der Waals surface area contributed by atoms with Crippen LogP contribution in [0.15, 0.2) is 23.1 Å². The third-order valence-corrected chi connectivity index (χ3v) is 5.30. The number of nitrogens with two attached hydrogens (primary N) is 1. The second-order valence-corrected chi connectivity index (χ2v) is 7.51. The lowest BCUT2D eigenvalue weighted by atomic mass is 10.1. The number of rotatable bonds is 4. The van der Waals surface area contributed by atoms with Gasteiger partial charge in [0.1, 0.15) is 0 Å². The third kappa shape index (κ3) is 4.05. The molecule has 0 radical (unpaired) electrons. The molecule has 26 heavy (non-hydrogen) atoms. The van der Waals surface area contributed by atoms with E-state index in [2.05, 4.69) is 25.1 Å². The van der Waals surface area contributed by atoms with E-state index in [1.807, 2.05) is 19.4 Å². The van der Waals surface area contributed by atoms with E-state index < -0.39 is 0 Å². The zero-order chi connectivity index (χ0) is 17.2. The molecule has 3 aromatic heterocycles. The molecule has 1 atom stereocenters. The van der Waals surface area contributed by atoms with Gasteiger partial charge in [-0.2, -0.15) is 10.1 Å². The summed E-state index contributed by atoms with van der Waals surface area (Å²) in [6.07, 6.45) is 10.1. The first-order chi connectivity index (χ1) is 12.2. The van der Waals surface area contributed by atoms with E-state index in [4.69, 9.17) is 10.3 Å². The molecule has 1 fully saturated rings. The molecular weight excluding hydrogens is 374 g/mol. The zero-order valence-electron chi connectivity index (χ0n) is 14.5. The number of thiazole rings is 1. The molecule has 0 aliphatic carbocycles. The fraction of sp³-hybridized carbons (Fsp3) is 0.500. The van der Waals surface area contributed by atoms with Crippen LogP contribution in [0.5, 0.6) is 0 Å². The van der Waals surface area contributed by atoms with Crippen LogP contribution in [0.3, 0.4) is 0 Å². The zero-order valence-corrected chi connectivity index (χ0v) is 16.2. The summed E-state index contributed by atoms with van der Waals surface area (Å²) >= 11 is 1.54. The van der Waals surface area contributed by atoms with Crippen molar-refractivity contribution in [2.75, 3.05) is 12.3 Å². The summed E-state index contributed by atoms with van der Waals surface area (Å²) in [7, 11) is 1.87. The lowest BCUT2D eigenvalue weighted by molar-refractivity contribution is 0.182. The number of aryl methyl sites for hydroxylation is 1. The van der Waals surface area contributed by atoms with Crippen LogP contribution >= 0.6 is 23.7 Å². The fourth-order valence-electron chi connectivity index (χ4n) is 3.26. The van der Waals surface area contributed by atoms with Gasteiger partial charge in [0.2, 0.25) is 0 Å². The molecule has 4 rings (SSSR count). The largest absolute Gasteiger partial charge is 0.375 e. The maximum absolute atomic E-state index is 5.77. The van der Waals surface area contributed by atoms with Gasteiger partial charge in [-0.3, -0.25) is 9.58 Å². The Morgan fingerprint density at radius 1 is 1.31 bits per heavy atom. The maximum Gasteiger partial charge on any atom is 0.261 e. The van der Waals surface area contributed by atoms with Gasteiger partial charge in [0.25, 0.3) is 5.89 Å². The number of nitrogens with zero attached hydrogens (tertiary/aromatic N) is 6. The van der Waals surface area contributed by atoms with Crippen LogP contribution in [-0.4, -0.2) is 36.3 Å². The number of hydrogen-bond acceptors (Lipinski definition) is 8. The Hall–Kier alpha value is -1.97. The van der Waals surface area contributed by atoms with E-state index in [0.29, 0.717) is 11.0 Å². The van der Waals surface area contributed by atoms with Gasteiger partial charge in [0.15, 0.2) is 11.0 Å². The van der Waals surface area contributed by atoms with Crippen LogP contribution in [0.1, 0.15) is 42.4 Å². The molecule has 3 aromatic rings. The van der Waals surface area contributed by atoms with Crippen LogP contribution in [0, 0.1) is 0 Å². The average molecular weight is 396 g/mol. The SMILES string of the molecule is Cl.Cn1cc(-c2nc(C3CCCCCN3Cc3cnc(N)s3)no2)cn1. The lowest BCUT2D eigenvalue weighted by Gasteiger charge is -2.26. The van der Waals surface area contributed by atoms with Gasteiger partial charge in [-0.25, -0.2) is 4.98 Å². The van der Waals surface area contributed by atoms with Crippen LogP contribution in [-0.2, 0) is 13.6 Å². The molecule has 0 aromatic carbocycles. The highest BCUT2D eigenvalue weighted by Crippen LogP contribution is 2.32. The van der Waals surface area contributed by atoms with Crippen LogP contribution < -0.4 is 5.73 Å². The van der Waals surface area contributed by atoms with E-state index in [-0.39, 0.29) is 18.4 Å². The second kappa shape index (κ2) is 8.15. The normalized spacial score (nSPS) is 18.4. The second-order valence-electron chi connectivity index (χ2n) is 6.36. The predicted molar refractivity (Wildman–Crippen MR) is 102 cm³/mol. The minimum absolute atomic E-state index is 0. The number of hydrogen-bond donors (Lipinski definition) is 1. The fourth-order valence-corrected chi connectivity index (χ4v) is 3.97.